The summed E-state index contributed by atoms with van der Waals surface area (Å²) in [6.45, 7) is 1.96. The van der Waals surface area contributed by atoms with Crippen LogP contribution < -0.4 is 0 Å². The van der Waals surface area contributed by atoms with E-state index in [0.29, 0.717) is 23.3 Å². The van der Waals surface area contributed by atoms with Crippen molar-refractivity contribution in [2.45, 2.75) is 25.0 Å². The van der Waals surface area contributed by atoms with Crippen LogP contribution in [-0.4, -0.2) is 40.9 Å². The van der Waals surface area contributed by atoms with E-state index >= 15 is 0 Å². The molecule has 0 saturated carbocycles. The lowest BCUT2D eigenvalue weighted by Gasteiger charge is -2.08. The van der Waals surface area contributed by atoms with Gasteiger partial charge in [0.1, 0.15) is 0 Å². The van der Waals surface area contributed by atoms with Gasteiger partial charge in [0.2, 0.25) is 11.8 Å². The first-order valence-corrected chi connectivity index (χ1v) is 5.77. The normalized spacial score (nSPS) is 10.3. The zero-order valence-electron chi connectivity index (χ0n) is 9.19. The van der Waals surface area contributed by atoms with E-state index in [4.69, 9.17) is 4.42 Å². The molecule has 0 N–H and O–H groups in total. The minimum Gasteiger partial charge on any atom is -0.416 e. The fourth-order valence-electron chi connectivity index (χ4n) is 0.889. The van der Waals surface area contributed by atoms with Gasteiger partial charge in [0, 0.05) is 32.7 Å². The Kier molecular flexibility index (Phi) is 4.61. The molecule has 1 rings (SSSR count). The number of aromatic nitrogens is 2. The molecule has 1 aromatic heterocycles. The van der Waals surface area contributed by atoms with Gasteiger partial charge in [0.05, 0.1) is 0 Å². The maximum atomic E-state index is 11.2. The van der Waals surface area contributed by atoms with Gasteiger partial charge in [-0.25, -0.2) is 0 Å². The van der Waals surface area contributed by atoms with Crippen LogP contribution in [-0.2, 0) is 11.2 Å². The molecule has 84 valence electrons. The molecule has 0 unspecified atom stereocenters. The molecule has 6 heteroatoms. The molecule has 0 aliphatic carbocycles. The Balaban J connectivity index is 2.28. The van der Waals surface area contributed by atoms with Gasteiger partial charge in [-0.1, -0.05) is 18.7 Å². The van der Waals surface area contributed by atoms with Crippen LogP contribution in [0.3, 0.4) is 0 Å². The molecule has 0 atom stereocenters. The topological polar surface area (TPSA) is 59.2 Å². The molecule has 0 spiro atoms. The van der Waals surface area contributed by atoms with Crippen LogP contribution in [0.2, 0.25) is 0 Å². The van der Waals surface area contributed by atoms with E-state index < -0.39 is 0 Å². The quantitative estimate of drug-likeness (QED) is 0.710. The molecule has 1 aromatic rings. The zero-order valence-corrected chi connectivity index (χ0v) is 10.0. The first kappa shape index (κ1) is 12.0. The van der Waals surface area contributed by atoms with E-state index in [1.54, 1.807) is 19.0 Å². The third-order valence-corrected chi connectivity index (χ3v) is 2.61. The molecule has 5 nitrogen and oxygen atoms in total. The summed E-state index contributed by atoms with van der Waals surface area (Å²) in [5.74, 6) is 1.41. The Morgan fingerprint density at radius 2 is 2.20 bits per heavy atom. The Morgan fingerprint density at radius 1 is 1.47 bits per heavy atom. The third kappa shape index (κ3) is 3.91. The molecule has 1 amide bonds. The average Bonchev–Trinajstić information content (AvgIpc) is 2.65. The van der Waals surface area contributed by atoms with E-state index in [0.717, 1.165) is 6.42 Å². The predicted molar refractivity (Wildman–Crippen MR) is 57.7 cm³/mol. The van der Waals surface area contributed by atoms with Gasteiger partial charge >= 0.3 is 0 Å². The highest BCUT2D eigenvalue weighted by molar-refractivity contribution is 7.99. The second kappa shape index (κ2) is 5.75. The average molecular weight is 229 g/mol. The zero-order chi connectivity index (χ0) is 11.3. The molecule has 0 saturated heterocycles. The van der Waals surface area contributed by atoms with Gasteiger partial charge in [0.15, 0.2) is 0 Å². The molecule has 0 aliphatic rings. The highest BCUT2D eigenvalue weighted by Gasteiger charge is 2.07. The number of carbonyl (C=O) groups excluding carboxylic acids is 1. The van der Waals surface area contributed by atoms with Crippen molar-refractivity contribution < 1.29 is 9.21 Å². The lowest BCUT2D eigenvalue weighted by molar-refractivity contribution is -0.128. The monoisotopic (exact) mass is 229 g/mol. The number of hydrogen-bond donors (Lipinski definition) is 0. The van der Waals surface area contributed by atoms with Gasteiger partial charge in [-0.15, -0.1) is 10.2 Å². The maximum Gasteiger partial charge on any atom is 0.276 e. The van der Waals surface area contributed by atoms with Crippen LogP contribution >= 0.6 is 11.8 Å². The molecule has 0 bridgehead atoms. The van der Waals surface area contributed by atoms with E-state index in [2.05, 4.69) is 10.2 Å². The molecule has 0 aliphatic heterocycles. The number of amides is 1. The minimum absolute atomic E-state index is 0.109. The van der Waals surface area contributed by atoms with Gasteiger partial charge in [-0.2, -0.15) is 0 Å². The van der Waals surface area contributed by atoms with Crippen molar-refractivity contribution in [3.63, 3.8) is 0 Å². The second-order valence-corrected chi connectivity index (χ2v) is 4.25. The number of aryl methyl sites for hydroxylation is 1. The Labute approximate surface area is 93.2 Å². The van der Waals surface area contributed by atoms with Crippen molar-refractivity contribution in [3.8, 4) is 0 Å². The Bertz CT molecular complexity index is 325. The summed E-state index contributed by atoms with van der Waals surface area (Å²) in [7, 11) is 3.49. The number of hydrogen-bond acceptors (Lipinski definition) is 5. The molecule has 0 fully saturated rings. The first-order chi connectivity index (χ1) is 7.13. The molecule has 1 heterocycles. The molecular weight excluding hydrogens is 214 g/mol. The van der Waals surface area contributed by atoms with Crippen molar-refractivity contribution in [3.05, 3.63) is 5.89 Å². The van der Waals surface area contributed by atoms with Crippen molar-refractivity contribution in [1.29, 1.82) is 0 Å². The van der Waals surface area contributed by atoms with Crippen molar-refractivity contribution in [1.82, 2.24) is 15.1 Å². The fourth-order valence-corrected chi connectivity index (χ4v) is 1.59. The summed E-state index contributed by atoms with van der Waals surface area (Å²) in [6, 6.07) is 0. The van der Waals surface area contributed by atoms with Crippen LogP contribution in [0.15, 0.2) is 9.64 Å². The van der Waals surface area contributed by atoms with E-state index in [9.17, 15) is 4.79 Å². The van der Waals surface area contributed by atoms with Crippen LogP contribution in [0.4, 0.5) is 0 Å². The summed E-state index contributed by atoms with van der Waals surface area (Å²) < 4.78 is 5.29. The summed E-state index contributed by atoms with van der Waals surface area (Å²) in [5.41, 5.74) is 0. The summed E-state index contributed by atoms with van der Waals surface area (Å²) in [4.78, 5) is 12.8. The van der Waals surface area contributed by atoms with E-state index in [1.807, 2.05) is 6.92 Å². The van der Waals surface area contributed by atoms with Crippen LogP contribution in [0.1, 0.15) is 19.2 Å². The van der Waals surface area contributed by atoms with Gasteiger partial charge < -0.3 is 9.32 Å². The van der Waals surface area contributed by atoms with E-state index in [-0.39, 0.29) is 5.91 Å². The standard InChI is InChI=1S/C9H15N3O2S/c1-4-7-10-11-9(14-7)15-6-5-8(13)12(2)3/h4-6H2,1-3H3. The van der Waals surface area contributed by atoms with E-state index in [1.165, 1.54) is 11.8 Å². The van der Waals surface area contributed by atoms with Crippen LogP contribution in [0.5, 0.6) is 0 Å². The fraction of sp³-hybridized carbons (Fsp3) is 0.667. The molecule has 15 heavy (non-hydrogen) atoms. The lowest BCUT2D eigenvalue weighted by Crippen LogP contribution is -2.21. The number of carbonyl (C=O) groups is 1. The van der Waals surface area contributed by atoms with Crippen molar-refractivity contribution in [2.24, 2.45) is 0 Å². The highest BCUT2D eigenvalue weighted by atomic mass is 32.2. The summed E-state index contributed by atoms with van der Waals surface area (Å²) in [5, 5.41) is 8.23. The lowest BCUT2D eigenvalue weighted by atomic mass is 10.4. The minimum atomic E-state index is 0.109. The van der Waals surface area contributed by atoms with Gasteiger partial charge in [-0.05, 0) is 0 Å². The molecular formula is C9H15N3O2S. The Morgan fingerprint density at radius 3 is 2.73 bits per heavy atom. The third-order valence-electron chi connectivity index (χ3n) is 1.79. The number of rotatable bonds is 5. The van der Waals surface area contributed by atoms with Crippen molar-refractivity contribution >= 4 is 17.7 Å². The van der Waals surface area contributed by atoms with Crippen LogP contribution in [0.25, 0.3) is 0 Å². The summed E-state index contributed by atoms with van der Waals surface area (Å²) in [6.07, 6.45) is 1.23. The van der Waals surface area contributed by atoms with Gasteiger partial charge in [0.25, 0.3) is 5.22 Å². The Hall–Kier alpha value is -1.04. The number of nitrogens with zero attached hydrogens (tertiary/aromatic N) is 3. The molecule has 0 aromatic carbocycles. The second-order valence-electron chi connectivity index (χ2n) is 3.20. The first-order valence-electron chi connectivity index (χ1n) is 4.78. The molecule has 0 radical (unpaired) electrons. The van der Waals surface area contributed by atoms with Crippen LogP contribution in [0, 0.1) is 0 Å². The highest BCUT2D eigenvalue weighted by Crippen LogP contribution is 2.17. The largest absolute Gasteiger partial charge is 0.416 e. The van der Waals surface area contributed by atoms with Gasteiger partial charge in [-0.3, -0.25) is 4.79 Å². The SMILES string of the molecule is CCc1nnc(SCCC(=O)N(C)C)o1. The maximum absolute atomic E-state index is 11.2. The smallest absolute Gasteiger partial charge is 0.276 e. The summed E-state index contributed by atoms with van der Waals surface area (Å²) >= 11 is 1.41. The van der Waals surface area contributed by atoms with Crippen molar-refractivity contribution in [2.75, 3.05) is 19.8 Å². The number of thioether (sulfide) groups is 1. The predicted octanol–water partition coefficient (Wildman–Crippen LogP) is 1.20.